The number of nitrogens with zero attached hydrogens (tertiary/aromatic N) is 3. The molecule has 1 N–H and O–H groups in total. The maximum Gasteiger partial charge on any atom is 0.129 e. The van der Waals surface area contributed by atoms with Gasteiger partial charge in [-0.3, -0.25) is 4.98 Å². The monoisotopic (exact) mass is 278 g/mol. The van der Waals surface area contributed by atoms with Crippen molar-refractivity contribution in [2.45, 2.75) is 32.4 Å². The van der Waals surface area contributed by atoms with Crippen LogP contribution in [0, 0.1) is 6.92 Å². The number of nitrogens with one attached hydrogen (secondary N) is 1. The van der Waals surface area contributed by atoms with E-state index in [9.17, 15) is 0 Å². The van der Waals surface area contributed by atoms with Crippen LogP contribution in [0.3, 0.4) is 0 Å². The largest absolute Gasteiger partial charge is 0.378 e. The third-order valence-corrected chi connectivity index (χ3v) is 3.98. The number of benzene rings is 1. The van der Waals surface area contributed by atoms with Gasteiger partial charge >= 0.3 is 0 Å². The first kappa shape index (κ1) is 12.4. The lowest BCUT2D eigenvalue weighted by Gasteiger charge is -2.09. The second kappa shape index (κ2) is 4.88. The van der Waals surface area contributed by atoms with Gasteiger partial charge in [-0.2, -0.15) is 0 Å². The van der Waals surface area contributed by atoms with Crippen LogP contribution in [0.15, 0.2) is 42.7 Å². The summed E-state index contributed by atoms with van der Waals surface area (Å²) in [7, 11) is 0. The second-order valence-corrected chi connectivity index (χ2v) is 5.71. The molecule has 2 heterocycles. The number of anilines is 1. The first-order valence-electron chi connectivity index (χ1n) is 7.42. The number of fused-ring (bicyclic) bond motifs is 1. The molecule has 1 aromatic carbocycles. The molecule has 4 heteroatoms. The smallest absolute Gasteiger partial charge is 0.129 e. The second-order valence-electron chi connectivity index (χ2n) is 5.71. The molecule has 1 aliphatic carbocycles. The van der Waals surface area contributed by atoms with Crippen LogP contribution in [0.5, 0.6) is 0 Å². The van der Waals surface area contributed by atoms with E-state index in [2.05, 4.69) is 52.1 Å². The molecule has 1 aliphatic rings. The van der Waals surface area contributed by atoms with Gasteiger partial charge in [0.05, 0.1) is 18.3 Å². The highest BCUT2D eigenvalue weighted by Gasteiger charge is 2.27. The minimum absolute atomic E-state index is 0.618. The normalized spacial score (nSPS) is 14.5. The summed E-state index contributed by atoms with van der Waals surface area (Å²) >= 11 is 0. The van der Waals surface area contributed by atoms with E-state index in [1.807, 2.05) is 12.4 Å². The van der Waals surface area contributed by atoms with Gasteiger partial charge < -0.3 is 9.88 Å². The number of pyridine rings is 1. The minimum atomic E-state index is 0.618. The van der Waals surface area contributed by atoms with Gasteiger partial charge in [-0.15, -0.1) is 0 Å². The molecule has 0 amide bonds. The SMILES string of the molecule is Cc1ccc(NCc2nc3cnccc3n2C2CC2)cc1. The van der Waals surface area contributed by atoms with Crippen molar-refractivity contribution in [1.29, 1.82) is 0 Å². The van der Waals surface area contributed by atoms with E-state index < -0.39 is 0 Å². The molecule has 0 unspecified atom stereocenters. The molecular formula is C17H18N4. The summed E-state index contributed by atoms with van der Waals surface area (Å²) in [5, 5.41) is 3.47. The summed E-state index contributed by atoms with van der Waals surface area (Å²) in [6.45, 7) is 2.84. The Kier molecular flexibility index (Phi) is 2.88. The maximum atomic E-state index is 4.74. The highest BCUT2D eigenvalue weighted by Crippen LogP contribution is 2.38. The average molecular weight is 278 g/mol. The summed E-state index contributed by atoms with van der Waals surface area (Å²) in [6.07, 6.45) is 6.21. The van der Waals surface area contributed by atoms with Gasteiger partial charge in [0.25, 0.3) is 0 Å². The van der Waals surface area contributed by atoms with E-state index in [0.717, 1.165) is 23.6 Å². The molecule has 0 atom stereocenters. The van der Waals surface area contributed by atoms with E-state index >= 15 is 0 Å². The van der Waals surface area contributed by atoms with E-state index in [0.29, 0.717) is 6.04 Å². The molecule has 0 radical (unpaired) electrons. The predicted molar refractivity (Wildman–Crippen MR) is 84.3 cm³/mol. The van der Waals surface area contributed by atoms with Crippen molar-refractivity contribution in [2.75, 3.05) is 5.32 Å². The Morgan fingerprint density at radius 1 is 1.19 bits per heavy atom. The van der Waals surface area contributed by atoms with Crippen LogP contribution in [-0.2, 0) is 6.54 Å². The van der Waals surface area contributed by atoms with Crippen molar-refractivity contribution in [1.82, 2.24) is 14.5 Å². The Hall–Kier alpha value is -2.36. The summed E-state index contributed by atoms with van der Waals surface area (Å²) in [4.78, 5) is 8.92. The molecule has 0 bridgehead atoms. The minimum Gasteiger partial charge on any atom is -0.378 e. The molecular weight excluding hydrogens is 260 g/mol. The van der Waals surface area contributed by atoms with E-state index in [1.165, 1.54) is 23.9 Å². The van der Waals surface area contributed by atoms with Crippen LogP contribution in [0.25, 0.3) is 11.0 Å². The van der Waals surface area contributed by atoms with Gasteiger partial charge in [0.2, 0.25) is 0 Å². The highest BCUT2D eigenvalue weighted by atomic mass is 15.2. The van der Waals surface area contributed by atoms with Crippen molar-refractivity contribution < 1.29 is 0 Å². The topological polar surface area (TPSA) is 42.7 Å². The van der Waals surface area contributed by atoms with Gasteiger partial charge in [-0.1, -0.05) is 17.7 Å². The van der Waals surface area contributed by atoms with Crippen molar-refractivity contribution >= 4 is 16.7 Å². The Bertz CT molecular complexity index is 769. The van der Waals surface area contributed by atoms with Crippen molar-refractivity contribution in [3.63, 3.8) is 0 Å². The van der Waals surface area contributed by atoms with E-state index in [4.69, 9.17) is 4.98 Å². The first-order valence-corrected chi connectivity index (χ1v) is 7.42. The average Bonchev–Trinajstić information content (AvgIpc) is 3.27. The van der Waals surface area contributed by atoms with Crippen LogP contribution in [0.4, 0.5) is 5.69 Å². The molecule has 4 rings (SSSR count). The lowest BCUT2D eigenvalue weighted by Crippen LogP contribution is -2.07. The summed E-state index contributed by atoms with van der Waals surface area (Å²) < 4.78 is 2.37. The summed E-state index contributed by atoms with van der Waals surface area (Å²) in [6, 6.07) is 11.1. The lowest BCUT2D eigenvalue weighted by atomic mass is 10.2. The molecule has 2 aromatic heterocycles. The van der Waals surface area contributed by atoms with Crippen LogP contribution in [0.1, 0.15) is 30.3 Å². The van der Waals surface area contributed by atoms with E-state index in [1.54, 1.807) is 0 Å². The fourth-order valence-electron chi connectivity index (χ4n) is 2.72. The molecule has 0 aliphatic heterocycles. The van der Waals surface area contributed by atoms with Gasteiger partial charge in [-0.05, 0) is 38.0 Å². The number of aryl methyl sites for hydroxylation is 1. The predicted octanol–water partition coefficient (Wildman–Crippen LogP) is 3.69. The first-order chi connectivity index (χ1) is 10.3. The molecule has 4 nitrogen and oxygen atoms in total. The Balaban J connectivity index is 1.63. The zero-order valence-corrected chi connectivity index (χ0v) is 12.1. The molecule has 0 saturated heterocycles. The number of hydrogen-bond acceptors (Lipinski definition) is 3. The van der Waals surface area contributed by atoms with Crippen LogP contribution >= 0.6 is 0 Å². The van der Waals surface area contributed by atoms with Crippen molar-refractivity contribution in [2.24, 2.45) is 0 Å². The third kappa shape index (κ3) is 2.37. The van der Waals surface area contributed by atoms with Crippen LogP contribution < -0.4 is 5.32 Å². The van der Waals surface area contributed by atoms with Crippen LogP contribution in [0.2, 0.25) is 0 Å². The number of rotatable bonds is 4. The fourth-order valence-corrected chi connectivity index (χ4v) is 2.72. The Labute approximate surface area is 123 Å². The lowest BCUT2D eigenvalue weighted by molar-refractivity contribution is 0.711. The van der Waals surface area contributed by atoms with Gasteiger partial charge in [0.1, 0.15) is 11.3 Å². The Morgan fingerprint density at radius 2 is 2.00 bits per heavy atom. The molecule has 1 saturated carbocycles. The van der Waals surface area contributed by atoms with Crippen LogP contribution in [-0.4, -0.2) is 14.5 Å². The molecule has 1 fully saturated rings. The standard InChI is InChI=1S/C17H18N4/c1-12-2-4-13(5-3-12)19-11-17-20-15-10-18-9-8-16(15)21(17)14-6-7-14/h2-5,8-10,14,19H,6-7,11H2,1H3. The highest BCUT2D eigenvalue weighted by molar-refractivity contribution is 5.75. The molecule has 3 aromatic rings. The summed E-state index contributed by atoms with van der Waals surface area (Å²) in [5.74, 6) is 1.10. The molecule has 0 spiro atoms. The van der Waals surface area contributed by atoms with Crippen molar-refractivity contribution in [3.8, 4) is 0 Å². The van der Waals surface area contributed by atoms with Gasteiger partial charge in [0.15, 0.2) is 0 Å². The van der Waals surface area contributed by atoms with Gasteiger partial charge in [-0.25, -0.2) is 4.98 Å². The number of hydrogen-bond donors (Lipinski definition) is 1. The third-order valence-electron chi connectivity index (χ3n) is 3.98. The Morgan fingerprint density at radius 3 is 2.76 bits per heavy atom. The quantitative estimate of drug-likeness (QED) is 0.791. The number of imidazole rings is 1. The zero-order chi connectivity index (χ0) is 14.2. The molecule has 21 heavy (non-hydrogen) atoms. The van der Waals surface area contributed by atoms with Gasteiger partial charge in [0, 0.05) is 17.9 Å². The molecule has 106 valence electrons. The van der Waals surface area contributed by atoms with Crippen molar-refractivity contribution in [3.05, 3.63) is 54.1 Å². The zero-order valence-electron chi connectivity index (χ0n) is 12.1. The fraction of sp³-hybridized carbons (Fsp3) is 0.294. The summed E-state index contributed by atoms with van der Waals surface area (Å²) in [5.41, 5.74) is 4.60. The number of aromatic nitrogens is 3. The van der Waals surface area contributed by atoms with E-state index in [-0.39, 0.29) is 0 Å². The maximum absolute atomic E-state index is 4.74.